The van der Waals surface area contributed by atoms with Crippen LogP contribution >= 0.6 is 0 Å². The van der Waals surface area contributed by atoms with E-state index in [0.717, 1.165) is 22.6 Å². The van der Waals surface area contributed by atoms with Crippen LogP contribution in [0.5, 0.6) is 5.75 Å². The molecule has 0 aliphatic rings. The number of rotatable bonds is 3. The van der Waals surface area contributed by atoms with Gasteiger partial charge in [-0.05, 0) is 24.1 Å². The summed E-state index contributed by atoms with van der Waals surface area (Å²) in [4.78, 5) is 7.87. The first-order chi connectivity index (χ1) is 9.17. The molecule has 0 spiro atoms. The standard InChI is InChI=1S/C16H16N2O/c1-11(2)12-9-10-15(17-3)18-16(12)13-7-5-6-8-14(13)19-4/h5-11H,1-2,4H3. The molecule has 0 N–H and O–H groups in total. The number of methoxy groups -OCH3 is 1. The van der Waals surface area contributed by atoms with Crippen molar-refractivity contribution in [3.63, 3.8) is 0 Å². The van der Waals surface area contributed by atoms with E-state index in [9.17, 15) is 0 Å². The van der Waals surface area contributed by atoms with Crippen LogP contribution in [-0.2, 0) is 0 Å². The summed E-state index contributed by atoms with van der Waals surface area (Å²) in [7, 11) is 1.65. The predicted octanol–water partition coefficient (Wildman–Crippen LogP) is 4.43. The molecular formula is C16H16N2O. The van der Waals surface area contributed by atoms with Gasteiger partial charge in [-0.15, -0.1) is 4.98 Å². The van der Waals surface area contributed by atoms with Crippen LogP contribution in [-0.4, -0.2) is 12.1 Å². The van der Waals surface area contributed by atoms with Gasteiger partial charge in [0, 0.05) is 5.56 Å². The number of ether oxygens (including phenoxy) is 1. The zero-order chi connectivity index (χ0) is 13.8. The summed E-state index contributed by atoms with van der Waals surface area (Å²) in [5, 5.41) is 0. The quantitative estimate of drug-likeness (QED) is 0.755. The molecule has 0 saturated carbocycles. The van der Waals surface area contributed by atoms with Gasteiger partial charge in [-0.25, -0.2) is 0 Å². The van der Waals surface area contributed by atoms with E-state index < -0.39 is 0 Å². The van der Waals surface area contributed by atoms with Crippen LogP contribution < -0.4 is 4.74 Å². The van der Waals surface area contributed by atoms with Gasteiger partial charge in [0.1, 0.15) is 5.75 Å². The second kappa shape index (κ2) is 5.53. The molecule has 2 rings (SSSR count). The van der Waals surface area contributed by atoms with Gasteiger partial charge in [0.05, 0.1) is 12.7 Å². The Balaban J connectivity index is 2.69. The molecular weight excluding hydrogens is 236 g/mol. The molecule has 0 unspecified atom stereocenters. The van der Waals surface area contributed by atoms with Crippen molar-refractivity contribution in [2.24, 2.45) is 0 Å². The van der Waals surface area contributed by atoms with Crippen molar-refractivity contribution in [3.8, 4) is 17.0 Å². The van der Waals surface area contributed by atoms with E-state index in [2.05, 4.69) is 23.7 Å². The van der Waals surface area contributed by atoms with Gasteiger partial charge in [-0.1, -0.05) is 38.6 Å². The molecule has 96 valence electrons. The second-order valence-electron chi connectivity index (χ2n) is 4.57. The first-order valence-electron chi connectivity index (χ1n) is 6.19. The van der Waals surface area contributed by atoms with Gasteiger partial charge in [0.2, 0.25) is 0 Å². The summed E-state index contributed by atoms with van der Waals surface area (Å²) in [6, 6.07) is 11.5. The van der Waals surface area contributed by atoms with Crippen LogP contribution in [0.3, 0.4) is 0 Å². The topological polar surface area (TPSA) is 26.5 Å². The lowest BCUT2D eigenvalue weighted by molar-refractivity contribution is 0.416. The molecule has 1 aromatic heterocycles. The smallest absolute Gasteiger partial charge is 0.270 e. The number of hydrogen-bond acceptors (Lipinski definition) is 2. The van der Waals surface area contributed by atoms with Gasteiger partial charge in [-0.3, -0.25) is 0 Å². The SMILES string of the molecule is [C-]#[N+]c1ccc(C(C)C)c(-c2ccccc2OC)n1. The maximum atomic E-state index is 7.11. The van der Waals surface area contributed by atoms with E-state index in [1.807, 2.05) is 30.3 Å². The molecule has 0 atom stereocenters. The summed E-state index contributed by atoms with van der Waals surface area (Å²) in [6.07, 6.45) is 0. The minimum Gasteiger partial charge on any atom is -0.496 e. The maximum absolute atomic E-state index is 7.11. The zero-order valence-electron chi connectivity index (χ0n) is 11.3. The Morgan fingerprint density at radius 2 is 1.89 bits per heavy atom. The Morgan fingerprint density at radius 1 is 1.16 bits per heavy atom. The highest BCUT2D eigenvalue weighted by atomic mass is 16.5. The minimum absolute atomic E-state index is 0.340. The van der Waals surface area contributed by atoms with Gasteiger partial charge >= 0.3 is 0 Å². The third kappa shape index (κ3) is 2.58. The highest BCUT2D eigenvalue weighted by Gasteiger charge is 2.17. The Hall–Kier alpha value is -2.34. The fourth-order valence-electron chi connectivity index (χ4n) is 2.04. The number of nitrogens with zero attached hydrogens (tertiary/aromatic N) is 2. The zero-order valence-corrected chi connectivity index (χ0v) is 11.3. The molecule has 1 heterocycles. The molecule has 3 heteroatoms. The predicted molar refractivity (Wildman–Crippen MR) is 76.6 cm³/mol. The third-order valence-corrected chi connectivity index (χ3v) is 3.01. The molecule has 0 amide bonds. The number of hydrogen-bond donors (Lipinski definition) is 0. The summed E-state index contributed by atoms with van der Waals surface area (Å²) >= 11 is 0. The molecule has 1 aromatic carbocycles. The van der Waals surface area contributed by atoms with Crippen molar-refractivity contribution >= 4 is 5.82 Å². The average Bonchev–Trinajstić information content (AvgIpc) is 2.46. The Bertz CT molecular complexity index is 627. The highest BCUT2D eigenvalue weighted by Crippen LogP contribution is 2.35. The molecule has 3 nitrogen and oxygen atoms in total. The van der Waals surface area contributed by atoms with Crippen LogP contribution in [0.2, 0.25) is 0 Å². The van der Waals surface area contributed by atoms with Crippen LogP contribution in [0.1, 0.15) is 25.3 Å². The largest absolute Gasteiger partial charge is 0.496 e. The summed E-state index contributed by atoms with van der Waals surface area (Å²) < 4.78 is 5.39. The van der Waals surface area contributed by atoms with E-state index in [-0.39, 0.29) is 0 Å². The van der Waals surface area contributed by atoms with Crippen molar-refractivity contribution in [1.82, 2.24) is 4.98 Å². The second-order valence-corrected chi connectivity index (χ2v) is 4.57. The molecule has 2 aromatic rings. The number of para-hydroxylation sites is 1. The first-order valence-corrected chi connectivity index (χ1v) is 6.19. The fraction of sp³-hybridized carbons (Fsp3) is 0.250. The molecule has 0 saturated heterocycles. The highest BCUT2D eigenvalue weighted by molar-refractivity contribution is 5.72. The Labute approximate surface area is 113 Å². The molecule has 0 bridgehead atoms. The summed E-state index contributed by atoms with van der Waals surface area (Å²) in [5.74, 6) is 1.52. The Kier molecular flexibility index (Phi) is 3.82. The monoisotopic (exact) mass is 252 g/mol. The third-order valence-electron chi connectivity index (χ3n) is 3.01. The minimum atomic E-state index is 0.340. The number of pyridine rings is 1. The number of benzene rings is 1. The lowest BCUT2D eigenvalue weighted by Crippen LogP contribution is -1.97. The van der Waals surface area contributed by atoms with E-state index in [1.165, 1.54) is 0 Å². The van der Waals surface area contributed by atoms with E-state index in [1.54, 1.807) is 13.2 Å². The van der Waals surface area contributed by atoms with Crippen LogP contribution in [0.25, 0.3) is 16.1 Å². The molecule has 0 radical (unpaired) electrons. The van der Waals surface area contributed by atoms with E-state index >= 15 is 0 Å². The van der Waals surface area contributed by atoms with Gasteiger partial charge in [0.15, 0.2) is 5.69 Å². The van der Waals surface area contributed by atoms with Crippen molar-refractivity contribution in [3.05, 3.63) is 53.4 Å². The van der Waals surface area contributed by atoms with Crippen molar-refractivity contribution in [2.75, 3.05) is 7.11 Å². The van der Waals surface area contributed by atoms with Crippen molar-refractivity contribution < 1.29 is 4.74 Å². The van der Waals surface area contributed by atoms with Crippen LogP contribution in [0.4, 0.5) is 5.82 Å². The summed E-state index contributed by atoms with van der Waals surface area (Å²) in [5.41, 5.74) is 2.89. The van der Waals surface area contributed by atoms with Crippen LogP contribution in [0.15, 0.2) is 36.4 Å². The first kappa shape index (κ1) is 13.1. The molecule has 0 aliphatic carbocycles. The lowest BCUT2D eigenvalue weighted by Gasteiger charge is -2.12. The fourth-order valence-corrected chi connectivity index (χ4v) is 2.04. The Morgan fingerprint density at radius 3 is 2.53 bits per heavy atom. The maximum Gasteiger partial charge on any atom is 0.270 e. The molecule has 0 fully saturated rings. The van der Waals surface area contributed by atoms with E-state index in [4.69, 9.17) is 11.3 Å². The normalized spacial score (nSPS) is 10.3. The lowest BCUT2D eigenvalue weighted by atomic mass is 9.96. The number of aromatic nitrogens is 1. The van der Waals surface area contributed by atoms with Gasteiger partial charge in [-0.2, -0.15) is 0 Å². The summed E-state index contributed by atoms with van der Waals surface area (Å²) in [6.45, 7) is 11.3. The van der Waals surface area contributed by atoms with Crippen molar-refractivity contribution in [2.45, 2.75) is 19.8 Å². The average molecular weight is 252 g/mol. The van der Waals surface area contributed by atoms with Crippen LogP contribution in [0, 0.1) is 6.57 Å². The van der Waals surface area contributed by atoms with Gasteiger partial charge < -0.3 is 9.58 Å². The van der Waals surface area contributed by atoms with E-state index in [0.29, 0.717) is 11.7 Å². The molecule has 19 heavy (non-hydrogen) atoms. The van der Waals surface area contributed by atoms with Gasteiger partial charge in [0.25, 0.3) is 5.82 Å². The van der Waals surface area contributed by atoms with Crippen molar-refractivity contribution in [1.29, 1.82) is 0 Å². The molecule has 0 aliphatic heterocycles.